The Kier molecular flexibility index (Phi) is 24.3. The van der Waals surface area contributed by atoms with E-state index in [9.17, 15) is 15.3 Å². The predicted octanol–water partition coefficient (Wildman–Crippen LogP) is 3.04. The van der Waals surface area contributed by atoms with E-state index in [0.29, 0.717) is 0 Å². The fourth-order valence-corrected chi connectivity index (χ4v) is 0.919. The topological polar surface area (TPSA) is 69.2 Å². The number of halogens is 1. The van der Waals surface area contributed by atoms with Crippen LogP contribution in [0.5, 0.6) is 0 Å². The third-order valence-corrected chi connectivity index (χ3v) is 2.56. The summed E-state index contributed by atoms with van der Waals surface area (Å²) in [7, 11) is 4.64. The van der Waals surface area contributed by atoms with Crippen LogP contribution in [0.1, 0.15) is 81.6 Å². The Morgan fingerprint density at radius 2 is 0.652 bits per heavy atom. The molecule has 0 aliphatic rings. The van der Waals surface area contributed by atoms with E-state index in [4.69, 9.17) is 0 Å². The first-order valence-corrected chi connectivity index (χ1v) is 10.3. The van der Waals surface area contributed by atoms with Crippen LogP contribution in [-0.2, 0) is 19.4 Å². The van der Waals surface area contributed by atoms with Crippen LogP contribution >= 0.6 is 9.30 Å². The second-order valence-corrected chi connectivity index (χ2v) is 9.04. The van der Waals surface area contributed by atoms with Crippen LogP contribution < -0.4 is 15.3 Å². The van der Waals surface area contributed by atoms with Crippen LogP contribution in [0.3, 0.4) is 0 Å². The molecule has 0 saturated heterocycles. The Hall–Kier alpha value is 0.884. The van der Waals surface area contributed by atoms with Crippen molar-refractivity contribution < 1.29 is 34.7 Å². The summed E-state index contributed by atoms with van der Waals surface area (Å²) < 4.78 is 0. The molecule has 0 unspecified atom stereocenters. The van der Waals surface area contributed by atoms with E-state index >= 15 is 0 Å². The van der Waals surface area contributed by atoms with Crippen LogP contribution in [0.15, 0.2) is 0 Å². The molecular formula is C18H39ClO3Ti. The zero-order valence-corrected chi connectivity index (χ0v) is 19.2. The van der Waals surface area contributed by atoms with Gasteiger partial charge in [0, 0.05) is 0 Å². The normalized spacial score (nSPS) is 11.3. The molecule has 0 amide bonds. The summed E-state index contributed by atoms with van der Waals surface area (Å²) in [5.41, 5.74) is 0.714. The van der Waals surface area contributed by atoms with Gasteiger partial charge in [0.1, 0.15) is 0 Å². The van der Waals surface area contributed by atoms with E-state index in [1.807, 2.05) is 0 Å². The van der Waals surface area contributed by atoms with Gasteiger partial charge in [0.25, 0.3) is 0 Å². The standard InChI is InChI=1S/3C6H13O.ClH.Ti/c3*1-6(2,3)4-5-7;;/h3*4-5H2,1-3H3;1H;/q3*-1;;+4/p-1. The molecule has 0 spiro atoms. The van der Waals surface area contributed by atoms with Crippen molar-refractivity contribution in [3.8, 4) is 0 Å². The van der Waals surface area contributed by atoms with Crippen molar-refractivity contribution in [1.29, 1.82) is 0 Å². The van der Waals surface area contributed by atoms with Gasteiger partial charge in [0.2, 0.25) is 0 Å². The zero-order chi connectivity index (χ0) is 19.7. The Morgan fingerprint density at radius 1 is 0.522 bits per heavy atom. The third kappa shape index (κ3) is 60.1. The summed E-state index contributed by atoms with van der Waals surface area (Å²) >= 11 is 1.47. The molecule has 3 nitrogen and oxygen atoms in total. The fraction of sp³-hybridized carbons (Fsp3) is 1.00. The van der Waals surface area contributed by atoms with Crippen LogP contribution in [0, 0.1) is 16.2 Å². The van der Waals surface area contributed by atoms with Crippen LogP contribution in [-0.4, -0.2) is 19.8 Å². The summed E-state index contributed by atoms with van der Waals surface area (Å²) in [6.45, 7) is 18.8. The van der Waals surface area contributed by atoms with Crippen molar-refractivity contribution >= 4 is 9.30 Å². The van der Waals surface area contributed by atoms with E-state index < -0.39 is 0 Å². The minimum absolute atomic E-state index is 0.0590. The van der Waals surface area contributed by atoms with Gasteiger partial charge in [-0.2, -0.15) is 0 Å². The van der Waals surface area contributed by atoms with Crippen LogP contribution in [0.4, 0.5) is 0 Å². The van der Waals surface area contributed by atoms with Crippen molar-refractivity contribution in [2.75, 3.05) is 19.8 Å². The van der Waals surface area contributed by atoms with Crippen molar-refractivity contribution in [2.24, 2.45) is 16.2 Å². The van der Waals surface area contributed by atoms with Crippen molar-refractivity contribution in [3.05, 3.63) is 0 Å². The summed E-state index contributed by atoms with van der Waals surface area (Å²) in [5.74, 6) is 0. The number of hydrogen-bond acceptors (Lipinski definition) is 3. The monoisotopic (exact) mass is 386 g/mol. The number of hydrogen-bond donors (Lipinski definition) is 0. The van der Waals surface area contributed by atoms with Crippen LogP contribution in [0.2, 0.25) is 0 Å². The molecule has 0 aliphatic heterocycles. The molecule has 0 aromatic heterocycles. The maximum absolute atomic E-state index is 9.95. The Balaban J connectivity index is -0.000000111. The summed E-state index contributed by atoms with van der Waals surface area (Å²) in [6, 6.07) is 0. The Bertz CT molecular complexity index is 178. The Labute approximate surface area is 161 Å². The predicted molar refractivity (Wildman–Crippen MR) is 92.7 cm³/mol. The van der Waals surface area contributed by atoms with E-state index in [0.717, 1.165) is 19.3 Å². The third-order valence-electron chi connectivity index (χ3n) is 2.56. The molecule has 5 heteroatoms. The molecule has 23 heavy (non-hydrogen) atoms. The molecule has 0 aromatic rings. The van der Waals surface area contributed by atoms with Crippen molar-refractivity contribution in [3.63, 3.8) is 0 Å². The van der Waals surface area contributed by atoms with Gasteiger partial charge >= 0.3 is 28.7 Å². The van der Waals surface area contributed by atoms with E-state index in [-0.39, 0.29) is 36.1 Å². The summed E-state index contributed by atoms with van der Waals surface area (Å²) in [6.07, 6.45) is 2.35. The van der Waals surface area contributed by atoms with Gasteiger partial charge < -0.3 is 15.3 Å². The number of rotatable bonds is 3. The molecule has 0 heterocycles. The van der Waals surface area contributed by atoms with Gasteiger partial charge in [0.15, 0.2) is 0 Å². The minimum atomic E-state index is 0.0590. The van der Waals surface area contributed by atoms with Crippen molar-refractivity contribution in [1.82, 2.24) is 0 Å². The van der Waals surface area contributed by atoms with Crippen molar-refractivity contribution in [2.45, 2.75) is 81.6 Å². The molecule has 0 fully saturated rings. The molecular weight excluding hydrogens is 348 g/mol. The molecule has 0 N–H and O–H groups in total. The second kappa shape index (κ2) is 17.7. The maximum atomic E-state index is 9.95. The van der Waals surface area contributed by atoms with Gasteiger partial charge in [-0.3, -0.25) is 0 Å². The van der Waals surface area contributed by atoms with Crippen LogP contribution in [0.25, 0.3) is 0 Å². The quantitative estimate of drug-likeness (QED) is 0.700. The van der Waals surface area contributed by atoms with Gasteiger partial charge in [-0.25, -0.2) is 0 Å². The molecule has 0 rings (SSSR count). The fourth-order valence-electron chi connectivity index (χ4n) is 0.919. The second-order valence-electron chi connectivity index (χ2n) is 9.04. The van der Waals surface area contributed by atoms with Gasteiger partial charge in [-0.15, -0.1) is 19.8 Å². The molecule has 0 atom stereocenters. The zero-order valence-electron chi connectivity index (χ0n) is 16.8. The van der Waals surface area contributed by atoms with E-state index in [2.05, 4.69) is 71.6 Å². The first kappa shape index (κ1) is 31.6. The average molecular weight is 387 g/mol. The van der Waals surface area contributed by atoms with E-state index in [1.54, 1.807) is 0 Å². The first-order chi connectivity index (χ1) is 10.2. The first-order valence-electron chi connectivity index (χ1n) is 8.12. The Morgan fingerprint density at radius 3 is 0.652 bits per heavy atom. The average Bonchev–Trinajstić information content (AvgIpc) is 2.28. The SMILES string of the molecule is CC(C)(C)CC[O-].CC(C)(C)CC[O-].CC(C)(C)CC[O-].[Cl][Ti+3]. The molecule has 0 aromatic carbocycles. The summed E-state index contributed by atoms with van der Waals surface area (Å²) in [4.78, 5) is 0. The van der Waals surface area contributed by atoms with E-state index in [1.165, 1.54) is 19.4 Å². The van der Waals surface area contributed by atoms with Gasteiger partial charge in [-0.1, -0.05) is 81.6 Å². The molecule has 0 radical (unpaired) electrons. The molecule has 0 bridgehead atoms. The molecule has 0 saturated carbocycles. The molecule has 140 valence electrons. The molecule has 0 aliphatic carbocycles. The van der Waals surface area contributed by atoms with Gasteiger partial charge in [-0.05, 0) is 16.2 Å². The van der Waals surface area contributed by atoms with Gasteiger partial charge in [0.05, 0.1) is 0 Å². The summed E-state index contributed by atoms with van der Waals surface area (Å²) in [5, 5.41) is 29.8.